The van der Waals surface area contributed by atoms with Crippen LogP contribution in [0.4, 0.5) is 5.69 Å². The third-order valence-electron chi connectivity index (χ3n) is 4.42. The van der Waals surface area contributed by atoms with Gasteiger partial charge in [-0.05, 0) is 38.1 Å². The van der Waals surface area contributed by atoms with Crippen LogP contribution in [-0.4, -0.2) is 37.6 Å². The molecule has 1 N–H and O–H groups in total. The van der Waals surface area contributed by atoms with E-state index in [1.165, 1.54) is 0 Å². The summed E-state index contributed by atoms with van der Waals surface area (Å²) in [4.78, 5) is 14.7. The largest absolute Gasteiger partial charge is 0.495 e. The Balaban J connectivity index is 1.86. The minimum absolute atomic E-state index is 0.0411. The van der Waals surface area contributed by atoms with Gasteiger partial charge in [0, 0.05) is 16.8 Å². The minimum atomic E-state index is -0.0411. The number of furan rings is 1. The lowest BCUT2D eigenvalue weighted by Crippen LogP contribution is -2.34. The fourth-order valence-corrected chi connectivity index (χ4v) is 3.31. The number of rotatable bonds is 8. The molecule has 1 amide bonds. The number of fused-ring (bicyclic) bond motifs is 3. The molecule has 0 aliphatic carbocycles. The number of benzene rings is 2. The number of carbonyl (C=O) groups is 1. The van der Waals surface area contributed by atoms with Crippen LogP contribution in [0.2, 0.25) is 0 Å². The van der Waals surface area contributed by atoms with Crippen molar-refractivity contribution in [2.75, 3.05) is 32.1 Å². The Bertz CT molecular complexity index is 895. The second-order valence-electron chi connectivity index (χ2n) is 6.47. The molecule has 0 fully saturated rings. The fourth-order valence-electron chi connectivity index (χ4n) is 3.31. The summed E-state index contributed by atoms with van der Waals surface area (Å²) in [5, 5.41) is 5.00. The van der Waals surface area contributed by atoms with Crippen LogP contribution >= 0.6 is 0 Å². The molecule has 5 heteroatoms. The zero-order chi connectivity index (χ0) is 18.5. The first-order valence-corrected chi connectivity index (χ1v) is 9.17. The number of nitrogens with one attached hydrogen (secondary N) is 1. The summed E-state index contributed by atoms with van der Waals surface area (Å²) >= 11 is 0. The van der Waals surface area contributed by atoms with Crippen molar-refractivity contribution in [2.45, 2.75) is 26.7 Å². The number of ether oxygens (including phenoxy) is 1. The summed E-state index contributed by atoms with van der Waals surface area (Å²) in [6.45, 7) is 6.46. The summed E-state index contributed by atoms with van der Waals surface area (Å²) in [6, 6.07) is 11.7. The van der Waals surface area contributed by atoms with Crippen LogP contribution in [0, 0.1) is 0 Å². The molecule has 0 aliphatic rings. The van der Waals surface area contributed by atoms with Crippen molar-refractivity contribution < 1.29 is 13.9 Å². The minimum Gasteiger partial charge on any atom is -0.495 e. The van der Waals surface area contributed by atoms with Crippen molar-refractivity contribution in [1.29, 1.82) is 0 Å². The normalized spacial score (nSPS) is 11.4. The smallest absolute Gasteiger partial charge is 0.238 e. The Labute approximate surface area is 153 Å². The predicted octanol–water partition coefficient (Wildman–Crippen LogP) is 4.66. The van der Waals surface area contributed by atoms with Gasteiger partial charge in [-0.25, -0.2) is 0 Å². The van der Waals surface area contributed by atoms with Gasteiger partial charge in [0.05, 0.1) is 19.3 Å². The highest BCUT2D eigenvalue weighted by molar-refractivity contribution is 6.07. The summed E-state index contributed by atoms with van der Waals surface area (Å²) < 4.78 is 11.4. The van der Waals surface area contributed by atoms with E-state index in [-0.39, 0.29) is 5.91 Å². The van der Waals surface area contributed by atoms with E-state index in [0.717, 1.165) is 47.9 Å². The number of anilines is 1. The predicted molar refractivity (Wildman–Crippen MR) is 106 cm³/mol. The first-order valence-electron chi connectivity index (χ1n) is 9.17. The first-order chi connectivity index (χ1) is 12.7. The second-order valence-corrected chi connectivity index (χ2v) is 6.47. The molecule has 0 spiro atoms. The summed E-state index contributed by atoms with van der Waals surface area (Å²) in [6.07, 6.45) is 2.06. The zero-order valence-electron chi connectivity index (χ0n) is 15.7. The van der Waals surface area contributed by atoms with Gasteiger partial charge in [0.25, 0.3) is 0 Å². The SMILES string of the molecule is CCCN(CCC)CC(=O)Nc1cc2oc3ccccc3c2cc1OC. The standard InChI is InChI=1S/C21H26N2O3/c1-4-10-23(11-5-2)14-21(24)22-17-13-19-16(12-20(17)25-3)15-8-6-7-9-18(15)26-19/h6-9,12-13H,4-5,10-11,14H2,1-3H3,(H,22,24). The van der Waals surface area contributed by atoms with Crippen LogP contribution in [-0.2, 0) is 4.79 Å². The number of amides is 1. The van der Waals surface area contributed by atoms with Gasteiger partial charge in [-0.2, -0.15) is 0 Å². The van der Waals surface area contributed by atoms with E-state index >= 15 is 0 Å². The highest BCUT2D eigenvalue weighted by Gasteiger charge is 2.15. The van der Waals surface area contributed by atoms with Crippen LogP contribution in [0.1, 0.15) is 26.7 Å². The summed E-state index contributed by atoms with van der Waals surface area (Å²) in [5.74, 6) is 0.593. The van der Waals surface area contributed by atoms with E-state index in [0.29, 0.717) is 18.0 Å². The Morgan fingerprint density at radius 1 is 1.08 bits per heavy atom. The molecule has 0 saturated carbocycles. The molecule has 1 heterocycles. The maximum absolute atomic E-state index is 12.5. The average Bonchev–Trinajstić information content (AvgIpc) is 2.98. The van der Waals surface area contributed by atoms with Gasteiger partial charge >= 0.3 is 0 Å². The van der Waals surface area contributed by atoms with Crippen molar-refractivity contribution in [1.82, 2.24) is 4.90 Å². The van der Waals surface area contributed by atoms with Gasteiger partial charge in [0.15, 0.2) is 0 Å². The lowest BCUT2D eigenvalue weighted by atomic mass is 10.1. The van der Waals surface area contributed by atoms with E-state index in [9.17, 15) is 4.79 Å². The topological polar surface area (TPSA) is 54.7 Å². The Morgan fingerprint density at radius 3 is 2.50 bits per heavy atom. The van der Waals surface area contributed by atoms with E-state index in [4.69, 9.17) is 9.15 Å². The van der Waals surface area contributed by atoms with Crippen LogP contribution in [0.15, 0.2) is 40.8 Å². The van der Waals surface area contributed by atoms with E-state index in [1.54, 1.807) is 7.11 Å². The van der Waals surface area contributed by atoms with Crippen molar-refractivity contribution >= 4 is 33.5 Å². The zero-order valence-corrected chi connectivity index (χ0v) is 15.7. The maximum Gasteiger partial charge on any atom is 0.238 e. The van der Waals surface area contributed by atoms with Crippen molar-refractivity contribution in [3.8, 4) is 5.75 Å². The van der Waals surface area contributed by atoms with Gasteiger partial charge in [0.1, 0.15) is 16.9 Å². The number of nitrogens with zero attached hydrogens (tertiary/aromatic N) is 1. The molecule has 0 radical (unpaired) electrons. The van der Waals surface area contributed by atoms with Gasteiger partial charge in [0.2, 0.25) is 5.91 Å². The van der Waals surface area contributed by atoms with E-state index in [1.807, 2.05) is 36.4 Å². The molecule has 0 unspecified atom stereocenters. The Kier molecular flexibility index (Phi) is 5.78. The second kappa shape index (κ2) is 8.23. The molecule has 2 aromatic carbocycles. The van der Waals surface area contributed by atoms with Gasteiger partial charge in [-0.3, -0.25) is 9.69 Å². The monoisotopic (exact) mass is 354 g/mol. The van der Waals surface area contributed by atoms with Gasteiger partial charge in [-0.15, -0.1) is 0 Å². The Morgan fingerprint density at radius 2 is 1.81 bits per heavy atom. The number of hydrogen-bond acceptors (Lipinski definition) is 4. The van der Waals surface area contributed by atoms with E-state index < -0.39 is 0 Å². The van der Waals surface area contributed by atoms with Crippen LogP contribution in [0.25, 0.3) is 21.9 Å². The van der Waals surface area contributed by atoms with Crippen molar-refractivity contribution in [3.63, 3.8) is 0 Å². The molecule has 3 aromatic rings. The van der Waals surface area contributed by atoms with Gasteiger partial charge < -0.3 is 14.5 Å². The number of para-hydroxylation sites is 1. The Hall–Kier alpha value is -2.53. The molecule has 0 saturated heterocycles. The first kappa shape index (κ1) is 18.3. The van der Waals surface area contributed by atoms with Crippen molar-refractivity contribution in [2.24, 2.45) is 0 Å². The van der Waals surface area contributed by atoms with E-state index in [2.05, 4.69) is 24.1 Å². The van der Waals surface area contributed by atoms with Crippen LogP contribution in [0.5, 0.6) is 5.75 Å². The van der Waals surface area contributed by atoms with Crippen LogP contribution in [0.3, 0.4) is 0 Å². The number of methoxy groups -OCH3 is 1. The average molecular weight is 354 g/mol. The molecular weight excluding hydrogens is 328 g/mol. The molecule has 138 valence electrons. The molecule has 1 aromatic heterocycles. The van der Waals surface area contributed by atoms with Crippen LogP contribution < -0.4 is 10.1 Å². The third kappa shape index (κ3) is 3.83. The van der Waals surface area contributed by atoms with Crippen molar-refractivity contribution in [3.05, 3.63) is 36.4 Å². The molecule has 26 heavy (non-hydrogen) atoms. The lowest BCUT2D eigenvalue weighted by molar-refractivity contribution is -0.117. The third-order valence-corrected chi connectivity index (χ3v) is 4.42. The highest BCUT2D eigenvalue weighted by Crippen LogP contribution is 2.36. The quantitative estimate of drug-likeness (QED) is 0.639. The number of carbonyl (C=O) groups excluding carboxylic acids is 1. The molecule has 0 atom stereocenters. The van der Waals surface area contributed by atoms with Gasteiger partial charge in [-0.1, -0.05) is 32.0 Å². The molecule has 3 rings (SSSR count). The summed E-state index contributed by atoms with van der Waals surface area (Å²) in [7, 11) is 1.61. The molecular formula is C21H26N2O3. The lowest BCUT2D eigenvalue weighted by Gasteiger charge is -2.20. The fraction of sp³-hybridized carbons (Fsp3) is 0.381. The number of hydrogen-bond donors (Lipinski definition) is 1. The summed E-state index contributed by atoms with van der Waals surface area (Å²) in [5.41, 5.74) is 2.20. The maximum atomic E-state index is 12.5. The molecule has 0 bridgehead atoms. The molecule has 5 nitrogen and oxygen atoms in total. The molecule has 0 aliphatic heterocycles. The highest BCUT2D eigenvalue weighted by atomic mass is 16.5.